The van der Waals surface area contributed by atoms with Gasteiger partial charge in [-0.15, -0.1) is 0 Å². The molecule has 0 aromatic carbocycles. The first-order chi connectivity index (χ1) is 14.5. The third-order valence-corrected chi connectivity index (χ3v) is 9.64. The van der Waals surface area contributed by atoms with Gasteiger partial charge >= 0.3 is 11.9 Å². The van der Waals surface area contributed by atoms with Crippen LogP contribution in [0.2, 0.25) is 0 Å². The number of rotatable bonds is 4. The van der Waals surface area contributed by atoms with Crippen LogP contribution in [0.15, 0.2) is 11.6 Å². The van der Waals surface area contributed by atoms with Crippen LogP contribution in [-0.4, -0.2) is 51.9 Å². The van der Waals surface area contributed by atoms with E-state index < -0.39 is 35.0 Å². The summed E-state index contributed by atoms with van der Waals surface area (Å²) in [6.07, 6.45) is 4.31. The zero-order chi connectivity index (χ0) is 22.8. The zero-order valence-electron chi connectivity index (χ0n) is 18.6. The molecule has 0 spiro atoms. The van der Waals surface area contributed by atoms with E-state index in [4.69, 9.17) is 4.74 Å². The summed E-state index contributed by atoms with van der Waals surface area (Å²) in [7, 11) is 1.32. The molecule has 4 rings (SSSR count). The molecule has 4 aliphatic rings. The smallest absolute Gasteiger partial charge is 0.311 e. The summed E-state index contributed by atoms with van der Waals surface area (Å²) in [4.78, 5) is 36.3. The van der Waals surface area contributed by atoms with E-state index in [0.29, 0.717) is 31.3 Å². The van der Waals surface area contributed by atoms with Crippen LogP contribution in [0.25, 0.3) is 0 Å². The number of carbonyl (C=O) groups excluding carboxylic acids is 2. The molecule has 172 valence electrons. The Morgan fingerprint density at radius 1 is 1.16 bits per heavy atom. The minimum Gasteiger partial charge on any atom is -0.481 e. The largest absolute Gasteiger partial charge is 0.481 e. The number of ketones is 1. The molecule has 3 N–H and O–H groups in total. The number of hydrogen-bond donors (Lipinski definition) is 3. The predicted molar refractivity (Wildman–Crippen MR) is 111 cm³/mol. The van der Waals surface area contributed by atoms with E-state index in [2.05, 4.69) is 6.92 Å². The second kappa shape index (κ2) is 7.41. The van der Waals surface area contributed by atoms with Crippen molar-refractivity contribution in [3.8, 4) is 0 Å². The zero-order valence-corrected chi connectivity index (χ0v) is 18.6. The van der Waals surface area contributed by atoms with Gasteiger partial charge < -0.3 is 20.1 Å². The van der Waals surface area contributed by atoms with E-state index in [-0.39, 0.29) is 41.8 Å². The number of aliphatic hydroxyl groups excluding tert-OH is 1. The van der Waals surface area contributed by atoms with Gasteiger partial charge in [-0.2, -0.15) is 0 Å². The lowest BCUT2D eigenvalue weighted by atomic mass is 9.43. The van der Waals surface area contributed by atoms with Crippen LogP contribution >= 0.6 is 0 Å². The number of carboxylic acids is 1. The highest BCUT2D eigenvalue weighted by molar-refractivity contribution is 5.92. The van der Waals surface area contributed by atoms with Crippen molar-refractivity contribution in [2.45, 2.75) is 76.9 Å². The lowest BCUT2D eigenvalue weighted by Gasteiger charge is -2.61. The minimum atomic E-state index is -1.10. The number of hydrogen-bond acceptors (Lipinski definition) is 6. The number of ether oxygens (including phenoxy) is 1. The summed E-state index contributed by atoms with van der Waals surface area (Å²) in [5, 5.41) is 32.1. The number of carbonyl (C=O) groups is 3. The molecule has 0 aromatic rings. The first-order valence-electron chi connectivity index (χ1n) is 11.4. The van der Waals surface area contributed by atoms with E-state index in [1.54, 1.807) is 6.08 Å². The van der Waals surface area contributed by atoms with Gasteiger partial charge in [0.05, 0.1) is 24.7 Å². The molecule has 3 saturated carbocycles. The normalized spacial score (nSPS) is 46.4. The number of carboxylic acid groups (broad SMARTS) is 1. The van der Waals surface area contributed by atoms with E-state index in [0.717, 1.165) is 12.8 Å². The van der Waals surface area contributed by atoms with Gasteiger partial charge in [0, 0.05) is 12.8 Å². The maximum absolute atomic E-state index is 12.9. The van der Waals surface area contributed by atoms with Crippen molar-refractivity contribution in [3.05, 3.63) is 11.6 Å². The molecule has 0 saturated heterocycles. The maximum Gasteiger partial charge on any atom is 0.311 e. The molecule has 3 fully saturated rings. The molecule has 7 heteroatoms. The van der Waals surface area contributed by atoms with Gasteiger partial charge in [-0.1, -0.05) is 13.8 Å². The Bertz CT molecular complexity index is 834. The molecule has 0 bridgehead atoms. The van der Waals surface area contributed by atoms with Crippen LogP contribution in [0.1, 0.15) is 65.2 Å². The monoisotopic (exact) mass is 434 g/mol. The highest BCUT2D eigenvalue weighted by atomic mass is 16.5. The van der Waals surface area contributed by atoms with Crippen LogP contribution < -0.4 is 0 Å². The van der Waals surface area contributed by atoms with Crippen molar-refractivity contribution >= 4 is 17.7 Å². The lowest BCUT2D eigenvalue weighted by molar-refractivity contribution is -0.180. The topological polar surface area (TPSA) is 121 Å². The third-order valence-electron chi connectivity index (χ3n) is 9.64. The van der Waals surface area contributed by atoms with Gasteiger partial charge in [0.1, 0.15) is 0 Å². The summed E-state index contributed by atoms with van der Waals surface area (Å²) >= 11 is 0. The molecule has 0 aromatic heterocycles. The molecule has 4 aliphatic carbocycles. The Kier molecular flexibility index (Phi) is 5.37. The molecule has 0 heterocycles. The summed E-state index contributed by atoms with van der Waals surface area (Å²) in [5.41, 5.74) is -1.35. The van der Waals surface area contributed by atoms with Crippen LogP contribution in [0.3, 0.4) is 0 Å². The Hall–Kier alpha value is -1.73. The number of aliphatic hydroxyl groups is 2. The molecule has 7 nitrogen and oxygen atoms in total. The third kappa shape index (κ3) is 3.10. The second-order valence-corrected chi connectivity index (χ2v) is 10.7. The highest BCUT2D eigenvalue weighted by Gasteiger charge is 2.68. The Morgan fingerprint density at radius 2 is 1.84 bits per heavy atom. The first kappa shape index (κ1) is 22.5. The average molecular weight is 435 g/mol. The van der Waals surface area contributed by atoms with Crippen molar-refractivity contribution in [1.82, 2.24) is 0 Å². The van der Waals surface area contributed by atoms with Gasteiger partial charge in [-0.05, 0) is 78.8 Å². The minimum absolute atomic E-state index is 0.0156. The van der Waals surface area contributed by atoms with E-state index in [1.807, 2.05) is 6.92 Å². The Balaban J connectivity index is 1.78. The number of esters is 1. The van der Waals surface area contributed by atoms with Gasteiger partial charge in [-0.3, -0.25) is 14.4 Å². The van der Waals surface area contributed by atoms with Crippen LogP contribution in [0, 0.1) is 34.5 Å². The van der Waals surface area contributed by atoms with Crippen molar-refractivity contribution < 1.29 is 34.4 Å². The lowest BCUT2D eigenvalue weighted by Crippen LogP contribution is -2.61. The van der Waals surface area contributed by atoms with Crippen molar-refractivity contribution in [1.29, 1.82) is 0 Å². The van der Waals surface area contributed by atoms with Crippen LogP contribution in [0.4, 0.5) is 0 Å². The average Bonchev–Trinajstić information content (AvgIpc) is 2.99. The van der Waals surface area contributed by atoms with E-state index in [1.165, 1.54) is 7.11 Å². The number of aliphatic carboxylic acids is 1. The molecule has 0 radical (unpaired) electrons. The maximum atomic E-state index is 12.9. The standard InChI is InChI=1S/C24H34O7/c1-22-8-4-13(25)12-16(22)20(28)19(21(29)31-3)18-14(22)5-9-23(2)15(18)6-10-24(23,30)11-7-17(26)27/h12,14-15,18-20,28,30H,4-11H2,1-3H3,(H,26,27)/t14-,15-,18+,19?,20?,22+,23-,24-/m0/s1. The fourth-order valence-electron chi connectivity index (χ4n) is 7.86. The predicted octanol–water partition coefficient (Wildman–Crippen LogP) is 2.48. The van der Waals surface area contributed by atoms with Gasteiger partial charge in [0.25, 0.3) is 0 Å². The summed E-state index contributed by atoms with van der Waals surface area (Å²) in [6, 6.07) is 0. The summed E-state index contributed by atoms with van der Waals surface area (Å²) < 4.78 is 5.11. The molecular weight excluding hydrogens is 400 g/mol. The molecule has 0 amide bonds. The summed E-state index contributed by atoms with van der Waals surface area (Å²) in [5.74, 6) is -2.32. The van der Waals surface area contributed by atoms with Crippen molar-refractivity contribution in [2.24, 2.45) is 34.5 Å². The molecule has 31 heavy (non-hydrogen) atoms. The van der Waals surface area contributed by atoms with Crippen molar-refractivity contribution in [3.63, 3.8) is 0 Å². The molecule has 0 aliphatic heterocycles. The Morgan fingerprint density at radius 3 is 2.48 bits per heavy atom. The fraction of sp³-hybridized carbons (Fsp3) is 0.792. The van der Waals surface area contributed by atoms with E-state index >= 15 is 0 Å². The SMILES string of the molecule is COC(=O)C1C(O)C2=CC(=O)CC[C@]2(C)[C@H]2CC[C@@]3(C)[C@@H](CC[C@]3(O)CCC(=O)O)[C@H]12. The fourth-order valence-corrected chi connectivity index (χ4v) is 7.86. The van der Waals surface area contributed by atoms with Gasteiger partial charge in [0.2, 0.25) is 0 Å². The molecule has 2 unspecified atom stereocenters. The molecule has 8 atom stereocenters. The molecular formula is C24H34O7. The van der Waals surface area contributed by atoms with Crippen LogP contribution in [0.5, 0.6) is 0 Å². The summed E-state index contributed by atoms with van der Waals surface area (Å²) in [6.45, 7) is 4.13. The number of fused-ring (bicyclic) bond motifs is 5. The Labute approximate surface area is 182 Å². The number of methoxy groups -OCH3 is 1. The van der Waals surface area contributed by atoms with E-state index in [9.17, 15) is 29.7 Å². The second-order valence-electron chi connectivity index (χ2n) is 10.7. The van der Waals surface area contributed by atoms with Crippen molar-refractivity contribution in [2.75, 3.05) is 7.11 Å². The van der Waals surface area contributed by atoms with Gasteiger partial charge in [-0.25, -0.2) is 0 Å². The highest BCUT2D eigenvalue weighted by Crippen LogP contribution is 2.69. The van der Waals surface area contributed by atoms with Gasteiger partial charge in [0.15, 0.2) is 5.78 Å². The quantitative estimate of drug-likeness (QED) is 0.581. The van der Waals surface area contributed by atoms with Crippen LogP contribution in [-0.2, 0) is 19.1 Å². The first-order valence-corrected chi connectivity index (χ1v) is 11.4.